The summed E-state index contributed by atoms with van der Waals surface area (Å²) in [4.78, 5) is 23.2. The van der Waals surface area contributed by atoms with Crippen LogP contribution >= 0.6 is 0 Å². The Labute approximate surface area is 128 Å². The summed E-state index contributed by atoms with van der Waals surface area (Å²) < 4.78 is 0. The summed E-state index contributed by atoms with van der Waals surface area (Å²) in [5.74, 6) is -0.273. The number of carbonyl (C=O) groups is 2. The third-order valence-corrected chi connectivity index (χ3v) is 3.01. The Morgan fingerprint density at radius 1 is 1.14 bits per heavy atom. The average Bonchev–Trinajstić information content (AvgIpc) is 2.98. The van der Waals surface area contributed by atoms with E-state index in [-0.39, 0.29) is 11.9 Å². The van der Waals surface area contributed by atoms with E-state index in [9.17, 15) is 9.59 Å². The molecule has 3 amide bonds. The van der Waals surface area contributed by atoms with Crippen molar-refractivity contribution in [2.45, 2.75) is 19.8 Å². The van der Waals surface area contributed by atoms with E-state index >= 15 is 0 Å². The van der Waals surface area contributed by atoms with Gasteiger partial charge < -0.3 is 16.0 Å². The molecular weight excluding hydrogens is 282 g/mol. The summed E-state index contributed by atoms with van der Waals surface area (Å²) in [5, 5.41) is 14.7. The third-order valence-electron chi connectivity index (χ3n) is 3.01. The second-order valence-corrected chi connectivity index (χ2v) is 4.76. The summed E-state index contributed by atoms with van der Waals surface area (Å²) in [6, 6.07) is 8.29. The zero-order valence-electron chi connectivity index (χ0n) is 12.6. The van der Waals surface area contributed by atoms with Gasteiger partial charge in [-0.05, 0) is 36.8 Å². The van der Waals surface area contributed by atoms with Crippen molar-refractivity contribution in [3.63, 3.8) is 0 Å². The minimum atomic E-state index is -0.295. The summed E-state index contributed by atoms with van der Waals surface area (Å²) in [7, 11) is 1.54. The van der Waals surface area contributed by atoms with Gasteiger partial charge in [0.2, 0.25) is 0 Å². The number of benzene rings is 1. The lowest BCUT2D eigenvalue weighted by Crippen LogP contribution is -2.24. The number of anilines is 2. The monoisotopic (exact) mass is 301 g/mol. The molecule has 0 fully saturated rings. The lowest BCUT2D eigenvalue weighted by molar-refractivity contribution is 0.102. The number of aromatic nitrogens is 2. The summed E-state index contributed by atoms with van der Waals surface area (Å²) in [6.07, 6.45) is 1.85. The van der Waals surface area contributed by atoms with Gasteiger partial charge in [0.05, 0.1) is 0 Å². The molecule has 1 heterocycles. The first-order valence-electron chi connectivity index (χ1n) is 7.06. The van der Waals surface area contributed by atoms with Gasteiger partial charge in [0, 0.05) is 24.1 Å². The number of H-pyrrole nitrogens is 1. The molecule has 22 heavy (non-hydrogen) atoms. The largest absolute Gasteiger partial charge is 0.341 e. The number of hydrogen-bond donors (Lipinski definition) is 4. The second kappa shape index (κ2) is 7.26. The van der Waals surface area contributed by atoms with Crippen molar-refractivity contribution in [3.05, 3.63) is 41.7 Å². The van der Waals surface area contributed by atoms with E-state index in [1.54, 1.807) is 37.4 Å². The van der Waals surface area contributed by atoms with Gasteiger partial charge in [-0.1, -0.05) is 13.3 Å². The average molecular weight is 301 g/mol. The van der Waals surface area contributed by atoms with E-state index in [2.05, 4.69) is 33.1 Å². The lowest BCUT2D eigenvalue weighted by atomic mass is 10.2. The van der Waals surface area contributed by atoms with Crippen molar-refractivity contribution in [1.82, 2.24) is 15.5 Å². The zero-order chi connectivity index (χ0) is 15.9. The minimum Gasteiger partial charge on any atom is -0.341 e. The standard InChI is InChI=1S/C15H19N5O2/c1-3-4-12-9-13(20-19-12)14(21)17-10-5-7-11(8-6-10)18-15(22)16-2/h5-9H,3-4H2,1-2H3,(H,17,21)(H,19,20)(H2,16,18,22). The van der Waals surface area contributed by atoms with Crippen LogP contribution in [0.4, 0.5) is 16.2 Å². The van der Waals surface area contributed by atoms with Gasteiger partial charge in [0.25, 0.3) is 5.91 Å². The molecule has 116 valence electrons. The van der Waals surface area contributed by atoms with Crippen molar-refractivity contribution in [1.29, 1.82) is 0 Å². The maximum atomic E-state index is 12.1. The zero-order valence-corrected chi connectivity index (χ0v) is 12.6. The van der Waals surface area contributed by atoms with Crippen molar-refractivity contribution in [3.8, 4) is 0 Å². The Kier molecular flexibility index (Phi) is 5.13. The molecular formula is C15H19N5O2. The molecule has 7 heteroatoms. The maximum absolute atomic E-state index is 12.1. The Morgan fingerprint density at radius 3 is 2.36 bits per heavy atom. The number of urea groups is 1. The van der Waals surface area contributed by atoms with Crippen LogP contribution in [0.15, 0.2) is 30.3 Å². The summed E-state index contributed by atoms with van der Waals surface area (Å²) >= 11 is 0. The molecule has 2 aromatic rings. The fourth-order valence-corrected chi connectivity index (χ4v) is 1.90. The lowest BCUT2D eigenvalue weighted by Gasteiger charge is -2.06. The molecule has 2 rings (SSSR count). The van der Waals surface area contributed by atoms with Crippen LogP contribution in [0.5, 0.6) is 0 Å². The Bertz CT molecular complexity index is 648. The molecule has 0 saturated carbocycles. The van der Waals surface area contributed by atoms with E-state index in [0.29, 0.717) is 17.1 Å². The molecule has 0 spiro atoms. The van der Waals surface area contributed by atoms with Gasteiger partial charge in [-0.2, -0.15) is 5.10 Å². The number of aromatic amines is 1. The van der Waals surface area contributed by atoms with Crippen molar-refractivity contribution >= 4 is 23.3 Å². The number of carbonyl (C=O) groups excluding carboxylic acids is 2. The first kappa shape index (κ1) is 15.6. The summed E-state index contributed by atoms with van der Waals surface area (Å²) in [6.45, 7) is 2.06. The quantitative estimate of drug-likeness (QED) is 0.682. The highest BCUT2D eigenvalue weighted by molar-refractivity contribution is 6.03. The van der Waals surface area contributed by atoms with Crippen LogP contribution in [-0.2, 0) is 6.42 Å². The molecule has 0 atom stereocenters. The molecule has 7 nitrogen and oxygen atoms in total. The van der Waals surface area contributed by atoms with Crippen LogP contribution in [0.2, 0.25) is 0 Å². The Balaban J connectivity index is 1.97. The SMILES string of the molecule is CCCc1cc(C(=O)Nc2ccc(NC(=O)NC)cc2)n[nH]1. The molecule has 0 aliphatic rings. The first-order chi connectivity index (χ1) is 10.6. The number of amides is 3. The molecule has 0 unspecified atom stereocenters. The van der Waals surface area contributed by atoms with E-state index in [4.69, 9.17) is 0 Å². The molecule has 0 bridgehead atoms. The predicted molar refractivity (Wildman–Crippen MR) is 85.1 cm³/mol. The highest BCUT2D eigenvalue weighted by Crippen LogP contribution is 2.14. The number of rotatable bonds is 5. The molecule has 0 aliphatic carbocycles. The number of hydrogen-bond acceptors (Lipinski definition) is 3. The third kappa shape index (κ3) is 4.08. The maximum Gasteiger partial charge on any atom is 0.318 e. The fourth-order valence-electron chi connectivity index (χ4n) is 1.90. The van der Waals surface area contributed by atoms with Gasteiger partial charge in [-0.25, -0.2) is 4.79 Å². The predicted octanol–water partition coefficient (Wildman–Crippen LogP) is 2.37. The van der Waals surface area contributed by atoms with Crippen LogP contribution in [-0.4, -0.2) is 29.2 Å². The van der Waals surface area contributed by atoms with E-state index in [1.807, 2.05) is 0 Å². The van der Waals surface area contributed by atoms with E-state index < -0.39 is 0 Å². The first-order valence-corrected chi connectivity index (χ1v) is 7.06. The topological polar surface area (TPSA) is 98.9 Å². The molecule has 0 radical (unpaired) electrons. The van der Waals surface area contributed by atoms with Crippen LogP contribution in [0, 0.1) is 0 Å². The van der Waals surface area contributed by atoms with Crippen LogP contribution in [0.1, 0.15) is 29.5 Å². The minimum absolute atomic E-state index is 0.273. The van der Waals surface area contributed by atoms with Crippen molar-refractivity contribution in [2.75, 3.05) is 17.7 Å². The highest BCUT2D eigenvalue weighted by Gasteiger charge is 2.10. The molecule has 4 N–H and O–H groups in total. The van der Waals surface area contributed by atoms with Crippen LogP contribution in [0.3, 0.4) is 0 Å². The molecule has 1 aromatic carbocycles. The molecule has 0 saturated heterocycles. The van der Waals surface area contributed by atoms with Gasteiger partial charge in [0.1, 0.15) is 0 Å². The number of nitrogens with zero attached hydrogens (tertiary/aromatic N) is 1. The fraction of sp³-hybridized carbons (Fsp3) is 0.267. The Morgan fingerprint density at radius 2 is 1.77 bits per heavy atom. The number of nitrogens with one attached hydrogen (secondary N) is 4. The van der Waals surface area contributed by atoms with Crippen molar-refractivity contribution in [2.24, 2.45) is 0 Å². The van der Waals surface area contributed by atoms with Gasteiger partial charge in [0.15, 0.2) is 5.69 Å². The molecule has 0 aliphatic heterocycles. The Hall–Kier alpha value is -2.83. The number of aryl methyl sites for hydroxylation is 1. The van der Waals surface area contributed by atoms with E-state index in [1.165, 1.54) is 0 Å². The van der Waals surface area contributed by atoms with Gasteiger partial charge in [-0.15, -0.1) is 0 Å². The summed E-state index contributed by atoms with van der Waals surface area (Å²) in [5.41, 5.74) is 2.57. The highest BCUT2D eigenvalue weighted by atomic mass is 16.2. The van der Waals surface area contributed by atoms with Crippen LogP contribution < -0.4 is 16.0 Å². The molecule has 1 aromatic heterocycles. The van der Waals surface area contributed by atoms with E-state index in [0.717, 1.165) is 18.5 Å². The van der Waals surface area contributed by atoms with Gasteiger partial charge >= 0.3 is 6.03 Å². The van der Waals surface area contributed by atoms with Crippen LogP contribution in [0.25, 0.3) is 0 Å². The smallest absolute Gasteiger partial charge is 0.318 e. The van der Waals surface area contributed by atoms with Crippen molar-refractivity contribution < 1.29 is 9.59 Å². The second-order valence-electron chi connectivity index (χ2n) is 4.76. The normalized spacial score (nSPS) is 10.1. The van der Waals surface area contributed by atoms with Gasteiger partial charge in [-0.3, -0.25) is 9.89 Å².